The van der Waals surface area contributed by atoms with Crippen LogP contribution in [0.15, 0.2) is 65.7 Å². The molecule has 0 saturated carbocycles. The van der Waals surface area contributed by atoms with Gasteiger partial charge < -0.3 is 19.5 Å². The van der Waals surface area contributed by atoms with E-state index < -0.39 is 15.9 Å². The maximum Gasteiger partial charge on any atom is 0.255 e. The molecule has 0 spiro atoms. The molecule has 0 aliphatic carbocycles. The summed E-state index contributed by atoms with van der Waals surface area (Å²) in [4.78, 5) is 17.2. The normalized spacial score (nSPS) is 13.9. The number of methoxy groups -OCH3 is 2. The first-order chi connectivity index (χ1) is 16.4. The van der Waals surface area contributed by atoms with Crippen LogP contribution >= 0.6 is 0 Å². The fraction of sp³-hybridized carbons (Fsp3) is 0.250. The summed E-state index contributed by atoms with van der Waals surface area (Å²) < 4.78 is 43.9. The van der Waals surface area contributed by atoms with Gasteiger partial charge in [0.2, 0.25) is 15.9 Å². The summed E-state index contributed by atoms with van der Waals surface area (Å²) in [5.41, 5.74) is 0.501. The van der Waals surface area contributed by atoms with Crippen LogP contribution in [0.3, 0.4) is 0 Å². The zero-order valence-corrected chi connectivity index (χ0v) is 19.7. The molecule has 3 aromatic rings. The van der Waals surface area contributed by atoms with Gasteiger partial charge in [0.15, 0.2) is 0 Å². The van der Waals surface area contributed by atoms with E-state index in [2.05, 4.69) is 10.3 Å². The quantitative estimate of drug-likeness (QED) is 0.517. The minimum Gasteiger partial charge on any atom is -0.497 e. The lowest BCUT2D eigenvalue weighted by Gasteiger charge is -2.18. The van der Waals surface area contributed by atoms with Gasteiger partial charge in [0, 0.05) is 24.8 Å². The number of carbonyl (C=O) groups excluding carboxylic acids is 1. The average molecular weight is 484 g/mol. The largest absolute Gasteiger partial charge is 0.497 e. The van der Waals surface area contributed by atoms with Gasteiger partial charge in [-0.1, -0.05) is 0 Å². The van der Waals surface area contributed by atoms with E-state index in [4.69, 9.17) is 14.2 Å². The minimum absolute atomic E-state index is 0.0366. The predicted molar refractivity (Wildman–Crippen MR) is 126 cm³/mol. The van der Waals surface area contributed by atoms with Gasteiger partial charge in [0.25, 0.3) is 5.91 Å². The van der Waals surface area contributed by atoms with Gasteiger partial charge in [-0.25, -0.2) is 13.4 Å². The molecule has 0 radical (unpaired) electrons. The lowest BCUT2D eigenvalue weighted by molar-refractivity contribution is 0.102. The van der Waals surface area contributed by atoms with Crippen molar-refractivity contribution < 1.29 is 27.4 Å². The standard InChI is InChI=1S/C24H25N3O6S/c1-31-18-8-10-19(11-9-18)33-24-20(6-5-13-25-24)26-23(28)17-7-12-21(32-2)22(16-17)34(29,30)27-14-3-4-15-27/h5-13,16H,3-4,14-15H2,1-2H3,(H,26,28). The SMILES string of the molecule is COc1ccc(Oc2ncccc2NC(=O)c2ccc(OC)c(S(=O)(=O)N3CCCC3)c2)cc1. The Balaban J connectivity index is 1.58. The van der Waals surface area contributed by atoms with Crippen molar-refractivity contribution in [2.75, 3.05) is 32.6 Å². The lowest BCUT2D eigenvalue weighted by atomic mass is 10.2. The van der Waals surface area contributed by atoms with Crippen LogP contribution in [0.25, 0.3) is 0 Å². The van der Waals surface area contributed by atoms with E-state index in [0.29, 0.717) is 30.3 Å². The zero-order valence-electron chi connectivity index (χ0n) is 18.9. The van der Waals surface area contributed by atoms with E-state index in [1.54, 1.807) is 49.7 Å². The predicted octanol–water partition coefficient (Wildman–Crippen LogP) is 3.93. The van der Waals surface area contributed by atoms with E-state index in [1.165, 1.54) is 29.6 Å². The number of pyridine rings is 1. The molecule has 1 amide bonds. The first-order valence-corrected chi connectivity index (χ1v) is 12.1. The Labute approximate surface area is 198 Å². The van der Waals surface area contributed by atoms with E-state index in [0.717, 1.165) is 12.8 Å². The molecule has 2 heterocycles. The Kier molecular flexibility index (Phi) is 6.99. The van der Waals surface area contributed by atoms with E-state index in [9.17, 15) is 13.2 Å². The Bertz CT molecular complexity index is 1270. The Morgan fingerprint density at radius 3 is 2.35 bits per heavy atom. The van der Waals surface area contributed by atoms with Crippen LogP contribution < -0.4 is 19.5 Å². The Hall–Kier alpha value is -3.63. The number of aromatic nitrogens is 1. The van der Waals surface area contributed by atoms with Gasteiger partial charge in [0.05, 0.1) is 14.2 Å². The molecule has 0 atom stereocenters. The second-order valence-electron chi connectivity index (χ2n) is 7.56. The zero-order chi connectivity index (χ0) is 24.1. The fourth-order valence-electron chi connectivity index (χ4n) is 3.60. The van der Waals surface area contributed by atoms with Crippen LogP contribution in [0.2, 0.25) is 0 Å². The molecule has 1 N–H and O–H groups in total. The molecule has 2 aromatic carbocycles. The van der Waals surface area contributed by atoms with Crippen molar-refractivity contribution in [1.82, 2.24) is 9.29 Å². The maximum atomic E-state index is 13.1. The van der Waals surface area contributed by atoms with Gasteiger partial charge in [-0.2, -0.15) is 4.31 Å². The first-order valence-electron chi connectivity index (χ1n) is 10.7. The Morgan fingerprint density at radius 1 is 0.971 bits per heavy atom. The molecule has 0 bridgehead atoms. The highest BCUT2D eigenvalue weighted by molar-refractivity contribution is 7.89. The third-order valence-corrected chi connectivity index (χ3v) is 7.32. The van der Waals surface area contributed by atoms with Crippen LogP contribution in [0.4, 0.5) is 5.69 Å². The smallest absolute Gasteiger partial charge is 0.255 e. The molecular formula is C24H25N3O6S. The summed E-state index contributed by atoms with van der Waals surface area (Å²) in [6.07, 6.45) is 3.15. The van der Waals surface area contributed by atoms with Crippen molar-refractivity contribution in [3.8, 4) is 23.1 Å². The molecule has 178 valence electrons. The molecular weight excluding hydrogens is 458 g/mol. The molecule has 1 saturated heterocycles. The number of benzene rings is 2. The van der Waals surface area contributed by atoms with Crippen LogP contribution in [0.1, 0.15) is 23.2 Å². The number of amides is 1. The van der Waals surface area contributed by atoms with Crippen molar-refractivity contribution in [2.45, 2.75) is 17.7 Å². The second kappa shape index (κ2) is 10.1. The van der Waals surface area contributed by atoms with Crippen molar-refractivity contribution in [1.29, 1.82) is 0 Å². The fourth-order valence-corrected chi connectivity index (χ4v) is 5.30. The number of hydrogen-bond donors (Lipinski definition) is 1. The molecule has 4 rings (SSSR count). The van der Waals surface area contributed by atoms with Crippen molar-refractivity contribution in [2.24, 2.45) is 0 Å². The van der Waals surface area contributed by atoms with Gasteiger partial charge in [-0.15, -0.1) is 0 Å². The summed E-state index contributed by atoms with van der Waals surface area (Å²) in [6, 6.07) is 14.6. The number of anilines is 1. The Morgan fingerprint density at radius 2 is 1.68 bits per heavy atom. The molecule has 0 unspecified atom stereocenters. The van der Waals surface area contributed by atoms with Crippen LogP contribution in [-0.4, -0.2) is 50.9 Å². The number of sulfonamides is 1. The molecule has 34 heavy (non-hydrogen) atoms. The van der Waals surface area contributed by atoms with Crippen LogP contribution in [0.5, 0.6) is 23.1 Å². The van der Waals surface area contributed by atoms with Crippen LogP contribution in [0, 0.1) is 0 Å². The molecule has 10 heteroatoms. The number of nitrogens with zero attached hydrogens (tertiary/aromatic N) is 2. The first kappa shape index (κ1) is 23.5. The van der Waals surface area contributed by atoms with Crippen molar-refractivity contribution in [3.63, 3.8) is 0 Å². The highest BCUT2D eigenvalue weighted by Crippen LogP contribution is 2.31. The molecule has 1 aliphatic heterocycles. The number of rotatable bonds is 8. The summed E-state index contributed by atoms with van der Waals surface area (Å²) in [5, 5.41) is 2.75. The summed E-state index contributed by atoms with van der Waals surface area (Å²) in [7, 11) is -0.812. The van der Waals surface area contributed by atoms with E-state index >= 15 is 0 Å². The van der Waals surface area contributed by atoms with Gasteiger partial charge in [0.1, 0.15) is 27.8 Å². The second-order valence-corrected chi connectivity index (χ2v) is 9.47. The van der Waals surface area contributed by atoms with Crippen LogP contribution in [-0.2, 0) is 10.0 Å². The maximum absolute atomic E-state index is 13.1. The summed E-state index contributed by atoms with van der Waals surface area (Å²) in [6.45, 7) is 0.896. The number of ether oxygens (including phenoxy) is 3. The molecule has 1 aliphatic rings. The topological polar surface area (TPSA) is 107 Å². The molecule has 1 fully saturated rings. The third-order valence-electron chi connectivity index (χ3n) is 5.40. The molecule has 1 aromatic heterocycles. The monoisotopic (exact) mass is 483 g/mol. The van der Waals surface area contributed by atoms with Gasteiger partial charge >= 0.3 is 0 Å². The lowest BCUT2D eigenvalue weighted by Crippen LogP contribution is -2.28. The van der Waals surface area contributed by atoms with Gasteiger partial charge in [-0.05, 0) is 67.4 Å². The van der Waals surface area contributed by atoms with Crippen molar-refractivity contribution >= 4 is 21.6 Å². The summed E-state index contributed by atoms with van der Waals surface area (Å²) >= 11 is 0. The molecule has 9 nitrogen and oxygen atoms in total. The van der Waals surface area contributed by atoms with E-state index in [-0.39, 0.29) is 22.1 Å². The van der Waals surface area contributed by atoms with Gasteiger partial charge in [-0.3, -0.25) is 4.79 Å². The number of hydrogen-bond acceptors (Lipinski definition) is 7. The highest BCUT2D eigenvalue weighted by Gasteiger charge is 2.30. The average Bonchev–Trinajstić information content (AvgIpc) is 3.41. The van der Waals surface area contributed by atoms with E-state index in [1.807, 2.05) is 0 Å². The minimum atomic E-state index is -3.78. The third kappa shape index (κ3) is 4.97. The summed E-state index contributed by atoms with van der Waals surface area (Å²) in [5.74, 6) is 1.07. The number of nitrogens with one attached hydrogen (secondary N) is 1. The van der Waals surface area contributed by atoms with Crippen molar-refractivity contribution in [3.05, 3.63) is 66.4 Å². The highest BCUT2D eigenvalue weighted by atomic mass is 32.2. The number of carbonyl (C=O) groups is 1.